The molecule has 0 amide bonds. The molecule has 37 heavy (non-hydrogen) atoms. The fraction of sp³-hybridized carbons (Fsp3) is 0.538. The number of hydrogen-bond donors (Lipinski definition) is 3. The van der Waals surface area contributed by atoms with Crippen molar-refractivity contribution in [3.63, 3.8) is 0 Å². The average molecular weight is 539 g/mol. The summed E-state index contributed by atoms with van der Waals surface area (Å²) < 4.78 is 39.9. The Morgan fingerprint density at radius 1 is 1.05 bits per heavy atom. The maximum Gasteiger partial charge on any atom is 0.390 e. The lowest BCUT2D eigenvalue weighted by molar-refractivity contribution is -0.131. The summed E-state index contributed by atoms with van der Waals surface area (Å²) >= 11 is 0. The second-order valence-electron chi connectivity index (χ2n) is 9.86. The zero-order valence-corrected chi connectivity index (χ0v) is 21.5. The molecular weight excluding hydrogens is 505 g/mol. The molecule has 1 aliphatic carbocycles. The van der Waals surface area contributed by atoms with Gasteiger partial charge in [-0.25, -0.2) is 4.98 Å². The summed E-state index contributed by atoms with van der Waals surface area (Å²) in [4.78, 5) is 11.4. The largest absolute Gasteiger partial charge is 0.393 e. The van der Waals surface area contributed by atoms with Crippen LogP contribution in [0.5, 0.6) is 0 Å². The molecule has 0 radical (unpaired) electrons. The summed E-state index contributed by atoms with van der Waals surface area (Å²) in [7, 11) is 0. The fourth-order valence-corrected chi connectivity index (χ4v) is 5.19. The van der Waals surface area contributed by atoms with Crippen LogP contribution in [0.15, 0.2) is 36.7 Å². The van der Waals surface area contributed by atoms with Gasteiger partial charge in [0.2, 0.25) is 5.95 Å². The van der Waals surface area contributed by atoms with Gasteiger partial charge in [0.15, 0.2) is 0 Å². The molecule has 2 aliphatic rings. The molecule has 202 valence electrons. The number of aliphatic hydroxyl groups excluding tert-OH is 1. The molecule has 2 aromatic heterocycles. The van der Waals surface area contributed by atoms with Crippen LogP contribution in [0.4, 0.5) is 19.1 Å². The summed E-state index contributed by atoms with van der Waals surface area (Å²) in [6.07, 6.45) is 1.45. The van der Waals surface area contributed by atoms with Gasteiger partial charge in [-0.05, 0) is 36.8 Å². The quantitative estimate of drug-likeness (QED) is 0.402. The fourth-order valence-electron chi connectivity index (χ4n) is 5.19. The predicted octanol–water partition coefficient (Wildman–Crippen LogP) is 4.77. The smallest absolute Gasteiger partial charge is 0.390 e. The number of halogens is 4. The van der Waals surface area contributed by atoms with Crippen molar-refractivity contribution in [1.82, 2.24) is 24.8 Å². The first kappa shape index (κ1) is 27.6. The Balaban J connectivity index is 0.00000320. The van der Waals surface area contributed by atoms with Crippen molar-refractivity contribution in [3.8, 4) is 11.1 Å². The molecule has 1 saturated heterocycles. The van der Waals surface area contributed by atoms with E-state index in [2.05, 4.69) is 60.5 Å². The second-order valence-corrected chi connectivity index (χ2v) is 9.86. The van der Waals surface area contributed by atoms with Gasteiger partial charge < -0.3 is 20.3 Å². The van der Waals surface area contributed by atoms with Crippen LogP contribution < -0.4 is 10.6 Å². The van der Waals surface area contributed by atoms with Gasteiger partial charge >= 0.3 is 6.18 Å². The Labute approximate surface area is 220 Å². The zero-order chi connectivity index (χ0) is 25.1. The van der Waals surface area contributed by atoms with Crippen molar-refractivity contribution in [2.24, 2.45) is 0 Å². The van der Waals surface area contributed by atoms with Gasteiger partial charge in [-0.3, -0.25) is 4.90 Å². The number of nitrogens with zero attached hydrogens (tertiary/aromatic N) is 4. The molecule has 7 nitrogen and oxygen atoms in total. The Bertz CT molecular complexity index is 1160. The first-order chi connectivity index (χ1) is 17.4. The third-order valence-corrected chi connectivity index (χ3v) is 7.20. The number of fused-ring (bicyclic) bond motifs is 1. The van der Waals surface area contributed by atoms with Crippen LogP contribution in [-0.2, 0) is 6.54 Å². The minimum atomic E-state index is -4.23. The Morgan fingerprint density at radius 3 is 2.43 bits per heavy atom. The molecular formula is C26H34ClF3N6O. The predicted molar refractivity (Wildman–Crippen MR) is 141 cm³/mol. The van der Waals surface area contributed by atoms with Crippen LogP contribution in [0.25, 0.3) is 22.2 Å². The van der Waals surface area contributed by atoms with Gasteiger partial charge in [0.25, 0.3) is 0 Å². The molecule has 0 unspecified atom stereocenters. The number of benzene rings is 1. The molecule has 3 N–H and O–H groups in total. The summed E-state index contributed by atoms with van der Waals surface area (Å²) in [6.45, 7) is 4.77. The van der Waals surface area contributed by atoms with Crippen LogP contribution in [0.2, 0.25) is 0 Å². The highest BCUT2D eigenvalue weighted by Crippen LogP contribution is 2.37. The first-order valence-electron chi connectivity index (χ1n) is 12.7. The van der Waals surface area contributed by atoms with Crippen LogP contribution in [0.1, 0.15) is 43.7 Å². The Hall–Kier alpha value is -2.40. The highest BCUT2D eigenvalue weighted by Gasteiger charge is 2.27. The third-order valence-electron chi connectivity index (χ3n) is 7.20. The van der Waals surface area contributed by atoms with E-state index in [4.69, 9.17) is 0 Å². The monoisotopic (exact) mass is 538 g/mol. The molecule has 0 bridgehead atoms. The SMILES string of the molecule is Cl.O[C@H]1CC[C@H](n2cc(-c3ccc(CN4CCNCC4)cc3)c3cnc(NCCC(F)(F)F)nc32)CC1. The van der Waals surface area contributed by atoms with Gasteiger partial charge in [0.05, 0.1) is 12.5 Å². The minimum Gasteiger partial charge on any atom is -0.393 e. The second kappa shape index (κ2) is 12.0. The van der Waals surface area contributed by atoms with Crippen LogP contribution in [-0.4, -0.2) is 69.5 Å². The summed E-state index contributed by atoms with van der Waals surface area (Å²) in [5, 5.41) is 16.9. The number of alkyl halides is 3. The van der Waals surface area contributed by atoms with E-state index in [1.165, 1.54) is 5.56 Å². The molecule has 1 saturated carbocycles. The number of hydrogen-bond acceptors (Lipinski definition) is 6. The summed E-state index contributed by atoms with van der Waals surface area (Å²) in [5.41, 5.74) is 4.03. The molecule has 1 aromatic carbocycles. The van der Waals surface area contributed by atoms with Gasteiger partial charge in [-0.2, -0.15) is 18.2 Å². The number of anilines is 1. The molecule has 0 atom stereocenters. The van der Waals surface area contributed by atoms with E-state index in [-0.39, 0.29) is 37.0 Å². The van der Waals surface area contributed by atoms with Crippen molar-refractivity contribution in [3.05, 3.63) is 42.2 Å². The van der Waals surface area contributed by atoms with Crippen molar-refractivity contribution in [2.75, 3.05) is 38.0 Å². The normalized spacial score (nSPS) is 21.1. The van der Waals surface area contributed by atoms with Crippen LogP contribution >= 0.6 is 12.4 Å². The lowest BCUT2D eigenvalue weighted by Crippen LogP contribution is -2.42. The topological polar surface area (TPSA) is 78.2 Å². The maximum absolute atomic E-state index is 12.6. The van der Waals surface area contributed by atoms with Gasteiger partial charge in [-0.15, -0.1) is 12.4 Å². The summed E-state index contributed by atoms with van der Waals surface area (Å²) in [6, 6.07) is 8.74. The van der Waals surface area contributed by atoms with E-state index in [1.54, 1.807) is 6.20 Å². The van der Waals surface area contributed by atoms with Gasteiger partial charge in [-0.1, -0.05) is 24.3 Å². The lowest BCUT2D eigenvalue weighted by atomic mass is 9.93. The molecule has 3 aromatic rings. The molecule has 11 heteroatoms. The molecule has 1 aliphatic heterocycles. The van der Waals surface area contributed by atoms with Crippen LogP contribution in [0.3, 0.4) is 0 Å². The molecule has 3 heterocycles. The molecule has 2 fully saturated rings. The maximum atomic E-state index is 12.6. The Morgan fingerprint density at radius 2 is 1.76 bits per heavy atom. The van der Waals surface area contributed by atoms with E-state index < -0.39 is 12.6 Å². The van der Waals surface area contributed by atoms with Gasteiger partial charge in [0, 0.05) is 68.7 Å². The average Bonchev–Trinajstić information content (AvgIpc) is 3.24. The standard InChI is InChI=1S/C26H33F3N6O.ClH/c27-26(28,29)9-10-31-25-32-15-22-23(17-35(24(22)33-25)20-5-7-21(36)8-6-20)19-3-1-18(2-4-19)16-34-13-11-30-12-14-34;/h1-4,15,17,20-21,30,36H,5-14,16H2,(H,31,32,33);1H/t20-,21-;. The molecule has 5 rings (SSSR count). The third kappa shape index (κ3) is 6.93. The van der Waals surface area contributed by atoms with Gasteiger partial charge in [0.1, 0.15) is 5.65 Å². The zero-order valence-electron chi connectivity index (χ0n) is 20.7. The summed E-state index contributed by atoms with van der Waals surface area (Å²) in [5.74, 6) is 0.194. The van der Waals surface area contributed by atoms with Crippen LogP contribution in [0, 0.1) is 0 Å². The number of aromatic nitrogens is 3. The highest BCUT2D eigenvalue weighted by molar-refractivity contribution is 5.94. The van der Waals surface area contributed by atoms with Crippen molar-refractivity contribution < 1.29 is 18.3 Å². The Kier molecular flexibility index (Phi) is 8.94. The first-order valence-corrected chi connectivity index (χ1v) is 12.7. The van der Waals surface area contributed by atoms with Crippen molar-refractivity contribution in [2.45, 2.75) is 57.0 Å². The number of nitrogens with one attached hydrogen (secondary N) is 2. The van der Waals surface area contributed by atoms with E-state index in [9.17, 15) is 18.3 Å². The van der Waals surface area contributed by atoms with Crippen molar-refractivity contribution in [1.29, 1.82) is 0 Å². The number of aliphatic hydroxyl groups is 1. The van der Waals surface area contributed by atoms with E-state index in [1.807, 2.05) is 0 Å². The number of rotatable bonds is 7. The van der Waals surface area contributed by atoms with E-state index in [0.29, 0.717) is 5.65 Å². The van der Waals surface area contributed by atoms with E-state index >= 15 is 0 Å². The number of piperazine rings is 1. The minimum absolute atomic E-state index is 0. The highest BCUT2D eigenvalue weighted by atomic mass is 35.5. The van der Waals surface area contributed by atoms with E-state index in [0.717, 1.165) is 74.9 Å². The lowest BCUT2D eigenvalue weighted by Gasteiger charge is -2.27. The molecule has 0 spiro atoms. The van der Waals surface area contributed by atoms with Crippen molar-refractivity contribution >= 4 is 29.4 Å².